The number of fused-ring (bicyclic) bond motifs is 1. The first-order chi connectivity index (χ1) is 8.45. The summed E-state index contributed by atoms with van der Waals surface area (Å²) in [5.41, 5.74) is 1.88. The summed E-state index contributed by atoms with van der Waals surface area (Å²) in [6.07, 6.45) is 0.602. The fourth-order valence-electron chi connectivity index (χ4n) is 2.55. The molecule has 1 aliphatic rings. The quantitative estimate of drug-likeness (QED) is 0.552. The molecule has 0 aliphatic heterocycles. The lowest BCUT2D eigenvalue weighted by Crippen LogP contribution is -2.38. The number of aryl methyl sites for hydroxylation is 2. The van der Waals surface area contributed by atoms with Crippen LogP contribution in [0.3, 0.4) is 0 Å². The van der Waals surface area contributed by atoms with Gasteiger partial charge in [-0.15, -0.1) is 0 Å². The molecular weight excluding hydrogens is 232 g/mol. The Hall–Kier alpha value is -1.78. The monoisotopic (exact) mass is 248 g/mol. The van der Waals surface area contributed by atoms with E-state index in [1.54, 1.807) is 13.8 Å². The summed E-state index contributed by atoms with van der Waals surface area (Å²) in [5, 5.41) is 0. The number of ketones is 1. The van der Waals surface area contributed by atoms with Crippen LogP contribution in [0.5, 0.6) is 0 Å². The molecule has 5 nitrogen and oxygen atoms in total. The van der Waals surface area contributed by atoms with Gasteiger partial charge in [-0.1, -0.05) is 6.92 Å². The second-order valence-corrected chi connectivity index (χ2v) is 4.72. The predicted octanol–water partition coefficient (Wildman–Crippen LogP) is 1.26. The molecule has 0 aromatic carbocycles. The van der Waals surface area contributed by atoms with Crippen LogP contribution < -0.4 is 0 Å². The molecule has 5 heteroatoms. The SMILES string of the molecule is COC(=O)[C@H]1C(=O)c2c(C)nc(C)nc2C[C@@H]1C. The first-order valence-electron chi connectivity index (χ1n) is 5.91. The van der Waals surface area contributed by atoms with Crippen molar-refractivity contribution in [3.05, 3.63) is 22.8 Å². The minimum absolute atomic E-state index is 0.0915. The molecule has 0 fully saturated rings. The van der Waals surface area contributed by atoms with E-state index in [2.05, 4.69) is 9.97 Å². The van der Waals surface area contributed by atoms with Gasteiger partial charge in [0.2, 0.25) is 0 Å². The molecule has 0 saturated heterocycles. The van der Waals surface area contributed by atoms with Gasteiger partial charge in [-0.3, -0.25) is 9.59 Å². The minimum Gasteiger partial charge on any atom is -0.468 e. The largest absolute Gasteiger partial charge is 0.468 e. The molecule has 0 N–H and O–H groups in total. The Kier molecular flexibility index (Phi) is 3.15. The molecule has 1 aromatic rings. The summed E-state index contributed by atoms with van der Waals surface area (Å²) < 4.78 is 4.71. The van der Waals surface area contributed by atoms with Crippen molar-refractivity contribution in [2.75, 3.05) is 7.11 Å². The van der Waals surface area contributed by atoms with Gasteiger partial charge in [-0.05, 0) is 26.2 Å². The molecule has 0 radical (unpaired) electrons. The molecule has 0 saturated carbocycles. The van der Waals surface area contributed by atoms with E-state index in [1.165, 1.54) is 7.11 Å². The number of methoxy groups -OCH3 is 1. The van der Waals surface area contributed by atoms with Gasteiger partial charge in [0.05, 0.1) is 24.1 Å². The van der Waals surface area contributed by atoms with E-state index < -0.39 is 11.9 Å². The van der Waals surface area contributed by atoms with Gasteiger partial charge >= 0.3 is 5.97 Å². The highest BCUT2D eigenvalue weighted by molar-refractivity contribution is 6.10. The molecule has 1 heterocycles. The van der Waals surface area contributed by atoms with Crippen LogP contribution >= 0.6 is 0 Å². The third-order valence-electron chi connectivity index (χ3n) is 3.35. The molecular formula is C13H16N2O3. The molecule has 96 valence electrons. The summed E-state index contributed by atoms with van der Waals surface area (Å²) in [6, 6.07) is 0. The van der Waals surface area contributed by atoms with E-state index in [0.717, 1.165) is 5.69 Å². The number of aromatic nitrogens is 2. The first-order valence-corrected chi connectivity index (χ1v) is 5.91. The second kappa shape index (κ2) is 4.48. The zero-order valence-electron chi connectivity index (χ0n) is 11.0. The molecule has 2 atom stereocenters. The Labute approximate surface area is 106 Å². The third kappa shape index (κ3) is 1.89. The summed E-state index contributed by atoms with van der Waals surface area (Å²) >= 11 is 0. The number of esters is 1. The molecule has 18 heavy (non-hydrogen) atoms. The average molecular weight is 248 g/mol. The highest BCUT2D eigenvalue weighted by Gasteiger charge is 2.40. The van der Waals surface area contributed by atoms with E-state index in [9.17, 15) is 9.59 Å². The minimum atomic E-state index is -0.729. The van der Waals surface area contributed by atoms with Gasteiger partial charge in [0.1, 0.15) is 11.7 Å². The Morgan fingerprint density at radius 2 is 2.00 bits per heavy atom. The van der Waals surface area contributed by atoms with Crippen molar-refractivity contribution in [2.45, 2.75) is 27.2 Å². The lowest BCUT2D eigenvalue weighted by Gasteiger charge is -2.27. The summed E-state index contributed by atoms with van der Waals surface area (Å²) in [4.78, 5) is 32.6. The number of hydrogen-bond acceptors (Lipinski definition) is 5. The van der Waals surface area contributed by atoms with E-state index in [-0.39, 0.29) is 11.7 Å². The van der Waals surface area contributed by atoms with Crippen LogP contribution in [0.4, 0.5) is 0 Å². The summed E-state index contributed by atoms with van der Waals surface area (Å²) in [7, 11) is 1.30. The smallest absolute Gasteiger partial charge is 0.316 e. The Bertz CT molecular complexity index is 525. The normalized spacial score (nSPS) is 22.6. The van der Waals surface area contributed by atoms with Gasteiger partial charge in [-0.2, -0.15) is 0 Å². The predicted molar refractivity (Wildman–Crippen MR) is 64.2 cm³/mol. The highest BCUT2D eigenvalue weighted by Crippen LogP contribution is 2.31. The van der Waals surface area contributed by atoms with Crippen LogP contribution in [0.15, 0.2) is 0 Å². The van der Waals surface area contributed by atoms with E-state index >= 15 is 0 Å². The molecule has 1 aromatic heterocycles. The van der Waals surface area contributed by atoms with Crippen LogP contribution in [0, 0.1) is 25.7 Å². The number of rotatable bonds is 1. The fraction of sp³-hybridized carbons (Fsp3) is 0.538. The lowest BCUT2D eigenvalue weighted by atomic mass is 9.77. The van der Waals surface area contributed by atoms with Crippen molar-refractivity contribution in [3.63, 3.8) is 0 Å². The van der Waals surface area contributed by atoms with Crippen LogP contribution in [0.2, 0.25) is 0 Å². The maximum Gasteiger partial charge on any atom is 0.316 e. The van der Waals surface area contributed by atoms with Crippen molar-refractivity contribution in [1.82, 2.24) is 9.97 Å². The Morgan fingerprint density at radius 1 is 1.33 bits per heavy atom. The van der Waals surface area contributed by atoms with Crippen LogP contribution in [0.25, 0.3) is 0 Å². The van der Waals surface area contributed by atoms with Crippen LogP contribution in [-0.4, -0.2) is 28.8 Å². The molecule has 0 bridgehead atoms. The number of Topliss-reactive ketones (excluding diaryl/α,β-unsaturated/α-hetero) is 1. The maximum absolute atomic E-state index is 12.4. The third-order valence-corrected chi connectivity index (χ3v) is 3.35. The summed E-state index contributed by atoms with van der Waals surface area (Å²) in [5.74, 6) is -0.854. The van der Waals surface area contributed by atoms with Gasteiger partial charge in [-0.25, -0.2) is 9.97 Å². The molecule has 0 unspecified atom stereocenters. The molecule has 0 amide bonds. The van der Waals surface area contributed by atoms with Crippen molar-refractivity contribution in [2.24, 2.45) is 11.8 Å². The summed E-state index contributed by atoms with van der Waals surface area (Å²) in [6.45, 7) is 5.44. The van der Waals surface area contributed by atoms with E-state index in [0.29, 0.717) is 23.5 Å². The number of ether oxygens (including phenoxy) is 1. The van der Waals surface area contributed by atoms with E-state index in [1.807, 2.05) is 6.92 Å². The van der Waals surface area contributed by atoms with Gasteiger partial charge in [0.15, 0.2) is 5.78 Å². The van der Waals surface area contributed by atoms with Crippen molar-refractivity contribution >= 4 is 11.8 Å². The topological polar surface area (TPSA) is 69.2 Å². The zero-order valence-corrected chi connectivity index (χ0v) is 11.0. The Balaban J connectivity index is 2.53. The van der Waals surface area contributed by atoms with E-state index in [4.69, 9.17) is 4.74 Å². The van der Waals surface area contributed by atoms with Gasteiger partial charge < -0.3 is 4.74 Å². The average Bonchev–Trinajstić information content (AvgIpc) is 2.26. The Morgan fingerprint density at radius 3 is 2.61 bits per heavy atom. The molecule has 0 spiro atoms. The van der Waals surface area contributed by atoms with Crippen molar-refractivity contribution < 1.29 is 14.3 Å². The number of carbonyl (C=O) groups is 2. The molecule has 2 rings (SSSR count). The number of nitrogens with zero attached hydrogens (tertiary/aromatic N) is 2. The second-order valence-electron chi connectivity index (χ2n) is 4.72. The van der Waals surface area contributed by atoms with Crippen LogP contribution in [0.1, 0.15) is 34.5 Å². The number of hydrogen-bond donors (Lipinski definition) is 0. The fourth-order valence-corrected chi connectivity index (χ4v) is 2.55. The number of carbonyl (C=O) groups excluding carboxylic acids is 2. The van der Waals surface area contributed by atoms with Crippen LogP contribution in [-0.2, 0) is 16.0 Å². The highest BCUT2D eigenvalue weighted by atomic mass is 16.5. The molecule has 1 aliphatic carbocycles. The maximum atomic E-state index is 12.4. The first kappa shape index (κ1) is 12.7. The van der Waals surface area contributed by atoms with Crippen molar-refractivity contribution in [1.29, 1.82) is 0 Å². The lowest BCUT2D eigenvalue weighted by molar-refractivity contribution is -0.145. The zero-order chi connectivity index (χ0) is 13.4. The van der Waals surface area contributed by atoms with Crippen molar-refractivity contribution in [3.8, 4) is 0 Å². The standard InChI is InChI=1S/C13H16N2O3/c1-6-5-9-11(7(2)14-8(3)15-9)12(16)10(6)13(17)18-4/h6,10H,5H2,1-4H3/t6-,10+/m0/s1. The van der Waals surface area contributed by atoms with Gasteiger partial charge in [0, 0.05) is 0 Å². The van der Waals surface area contributed by atoms with Gasteiger partial charge in [0.25, 0.3) is 0 Å².